The molecule has 1 fully saturated rings. The summed E-state index contributed by atoms with van der Waals surface area (Å²) in [6, 6.07) is 0.894. The molecule has 31 heavy (non-hydrogen) atoms. The van der Waals surface area contributed by atoms with Crippen LogP contribution in [0.5, 0.6) is 5.75 Å². The van der Waals surface area contributed by atoms with Gasteiger partial charge < -0.3 is 14.7 Å². The summed E-state index contributed by atoms with van der Waals surface area (Å²) in [5.41, 5.74) is -1.48. The SMILES string of the molecule is C1=C(CCCCN2CCCCC2)CCO1.O=[N+]([O-])c1cc([N+](=O)[O-])c(O)c([N+](=O)[O-])c1. The predicted molar refractivity (Wildman–Crippen MR) is 111 cm³/mol. The summed E-state index contributed by atoms with van der Waals surface area (Å²) in [4.78, 5) is 30.4. The largest absolute Gasteiger partial charge is 0.501 e. The van der Waals surface area contributed by atoms with Gasteiger partial charge in [0.15, 0.2) is 0 Å². The van der Waals surface area contributed by atoms with E-state index in [1.807, 2.05) is 6.26 Å². The molecule has 0 saturated carbocycles. The number of piperidine rings is 1. The van der Waals surface area contributed by atoms with Gasteiger partial charge in [0.1, 0.15) is 0 Å². The Morgan fingerprint density at radius 2 is 1.55 bits per heavy atom. The standard InChI is InChI=1S/C13H23NO.C6H3N3O7/c1-3-8-14(9-4-1)10-5-2-6-13-7-11-15-12-13;10-6-4(8(13)14)1-3(7(11)12)2-5(6)9(15)16/h12H,1-11H2;1-2,10H. The highest BCUT2D eigenvalue weighted by atomic mass is 16.6. The molecule has 0 bridgehead atoms. The number of phenols is 1. The molecule has 0 radical (unpaired) electrons. The van der Waals surface area contributed by atoms with Gasteiger partial charge in [-0.3, -0.25) is 30.3 Å². The zero-order chi connectivity index (χ0) is 22.8. The van der Waals surface area contributed by atoms with Crippen LogP contribution in [0.1, 0.15) is 44.9 Å². The number of unbranched alkanes of at least 4 members (excludes halogenated alkanes) is 1. The fraction of sp³-hybridized carbons (Fsp3) is 0.579. The molecule has 0 unspecified atom stereocenters. The van der Waals surface area contributed by atoms with Crippen LogP contribution in [-0.2, 0) is 4.74 Å². The van der Waals surface area contributed by atoms with Crippen molar-refractivity contribution in [1.29, 1.82) is 0 Å². The normalized spacial score (nSPS) is 15.9. The summed E-state index contributed by atoms with van der Waals surface area (Å²) >= 11 is 0. The van der Waals surface area contributed by atoms with E-state index in [2.05, 4.69) is 4.90 Å². The van der Waals surface area contributed by atoms with Gasteiger partial charge >= 0.3 is 11.4 Å². The molecule has 1 saturated heterocycles. The lowest BCUT2D eigenvalue weighted by Crippen LogP contribution is -2.30. The van der Waals surface area contributed by atoms with E-state index in [1.165, 1.54) is 70.2 Å². The Kier molecular flexibility index (Phi) is 9.13. The predicted octanol–water partition coefficient (Wildman–Crippen LogP) is 4.06. The maximum atomic E-state index is 10.4. The number of aromatic hydroxyl groups is 1. The van der Waals surface area contributed by atoms with Crippen LogP contribution >= 0.6 is 0 Å². The highest BCUT2D eigenvalue weighted by Crippen LogP contribution is 2.38. The third kappa shape index (κ3) is 7.48. The van der Waals surface area contributed by atoms with Crippen molar-refractivity contribution in [1.82, 2.24) is 4.90 Å². The summed E-state index contributed by atoms with van der Waals surface area (Å²) in [6.07, 6.45) is 11.4. The molecule has 1 aromatic rings. The second-order valence-electron chi connectivity index (χ2n) is 7.36. The van der Waals surface area contributed by atoms with Crippen molar-refractivity contribution in [2.45, 2.75) is 44.9 Å². The van der Waals surface area contributed by atoms with Gasteiger partial charge in [0.2, 0.25) is 0 Å². The molecule has 2 aliphatic heterocycles. The molecule has 12 heteroatoms. The van der Waals surface area contributed by atoms with Gasteiger partial charge in [-0.05, 0) is 57.3 Å². The number of non-ortho nitro benzene ring substituents is 1. The molecule has 2 aliphatic rings. The van der Waals surface area contributed by atoms with Crippen molar-refractivity contribution in [3.63, 3.8) is 0 Å². The van der Waals surface area contributed by atoms with Crippen molar-refractivity contribution in [2.75, 3.05) is 26.2 Å². The molecule has 3 rings (SSSR count). The van der Waals surface area contributed by atoms with Crippen LogP contribution in [0.3, 0.4) is 0 Å². The first kappa shape index (κ1) is 24.0. The number of nitro groups is 3. The molecule has 0 aromatic heterocycles. The molecule has 0 atom stereocenters. The quantitative estimate of drug-likeness (QED) is 0.358. The minimum Gasteiger partial charge on any atom is -0.501 e. The van der Waals surface area contributed by atoms with Crippen LogP contribution < -0.4 is 0 Å². The van der Waals surface area contributed by atoms with Gasteiger partial charge in [0.05, 0.1) is 39.8 Å². The van der Waals surface area contributed by atoms with E-state index in [9.17, 15) is 30.3 Å². The zero-order valence-corrected chi connectivity index (χ0v) is 17.1. The van der Waals surface area contributed by atoms with Crippen LogP contribution in [0.2, 0.25) is 0 Å². The van der Waals surface area contributed by atoms with Crippen LogP contribution in [0.25, 0.3) is 0 Å². The third-order valence-electron chi connectivity index (χ3n) is 5.12. The Morgan fingerprint density at radius 1 is 0.935 bits per heavy atom. The number of benzene rings is 1. The van der Waals surface area contributed by atoms with Gasteiger partial charge in [-0.1, -0.05) is 6.42 Å². The number of phenolic OH excluding ortho intramolecular Hbond substituents is 1. The van der Waals surface area contributed by atoms with E-state index >= 15 is 0 Å². The molecular formula is C19H26N4O8. The highest BCUT2D eigenvalue weighted by Gasteiger charge is 2.30. The number of rotatable bonds is 8. The fourth-order valence-corrected chi connectivity index (χ4v) is 3.45. The number of ether oxygens (including phenoxy) is 1. The summed E-state index contributed by atoms with van der Waals surface area (Å²) < 4.78 is 5.23. The molecule has 1 N–H and O–H groups in total. The molecule has 0 aliphatic carbocycles. The first-order valence-electron chi connectivity index (χ1n) is 10.1. The Morgan fingerprint density at radius 3 is 2.03 bits per heavy atom. The van der Waals surface area contributed by atoms with E-state index in [-0.39, 0.29) is 0 Å². The lowest BCUT2D eigenvalue weighted by Gasteiger charge is -2.26. The van der Waals surface area contributed by atoms with Crippen LogP contribution in [0.15, 0.2) is 24.0 Å². The molecule has 0 spiro atoms. The number of likely N-dealkylation sites (tertiary alicyclic amines) is 1. The van der Waals surface area contributed by atoms with Crippen molar-refractivity contribution < 1.29 is 24.6 Å². The van der Waals surface area contributed by atoms with Gasteiger partial charge in [-0.15, -0.1) is 0 Å². The summed E-state index contributed by atoms with van der Waals surface area (Å²) in [5, 5.41) is 40.2. The van der Waals surface area contributed by atoms with Gasteiger partial charge in [0, 0.05) is 6.42 Å². The number of hydrogen-bond acceptors (Lipinski definition) is 9. The third-order valence-corrected chi connectivity index (χ3v) is 5.12. The first-order valence-corrected chi connectivity index (χ1v) is 10.1. The average Bonchev–Trinajstić information content (AvgIpc) is 3.25. The Bertz CT molecular complexity index is 801. The molecule has 2 heterocycles. The Balaban J connectivity index is 0.000000220. The summed E-state index contributed by atoms with van der Waals surface area (Å²) in [7, 11) is 0. The van der Waals surface area contributed by atoms with Crippen molar-refractivity contribution in [3.8, 4) is 5.75 Å². The van der Waals surface area contributed by atoms with Crippen molar-refractivity contribution >= 4 is 17.1 Å². The highest BCUT2D eigenvalue weighted by molar-refractivity contribution is 5.64. The van der Waals surface area contributed by atoms with Crippen LogP contribution in [0, 0.1) is 30.3 Å². The maximum absolute atomic E-state index is 10.4. The Hall–Kier alpha value is -3.28. The maximum Gasteiger partial charge on any atom is 0.324 e. The minimum absolute atomic E-state index is 0.447. The van der Waals surface area contributed by atoms with Gasteiger partial charge in [-0.25, -0.2) is 0 Å². The van der Waals surface area contributed by atoms with E-state index in [4.69, 9.17) is 9.84 Å². The number of nitrogens with zero attached hydrogens (tertiary/aromatic N) is 4. The lowest BCUT2D eigenvalue weighted by atomic mass is 10.1. The number of nitro benzene ring substituents is 3. The molecular weight excluding hydrogens is 412 g/mol. The Labute approximate surface area is 178 Å². The topological polar surface area (TPSA) is 162 Å². The monoisotopic (exact) mass is 438 g/mol. The van der Waals surface area contributed by atoms with Gasteiger partial charge in [-0.2, -0.15) is 0 Å². The molecule has 0 amide bonds. The average molecular weight is 438 g/mol. The summed E-state index contributed by atoms with van der Waals surface area (Å²) in [6.45, 7) is 4.91. The van der Waals surface area contributed by atoms with E-state index in [1.54, 1.807) is 0 Å². The van der Waals surface area contributed by atoms with Crippen LogP contribution in [0.4, 0.5) is 17.1 Å². The number of hydrogen-bond donors (Lipinski definition) is 1. The zero-order valence-electron chi connectivity index (χ0n) is 17.1. The van der Waals surface area contributed by atoms with Gasteiger partial charge in [0.25, 0.3) is 11.4 Å². The van der Waals surface area contributed by atoms with E-state index < -0.39 is 37.6 Å². The van der Waals surface area contributed by atoms with E-state index in [0.717, 1.165) is 6.61 Å². The van der Waals surface area contributed by atoms with E-state index in [0.29, 0.717) is 12.1 Å². The first-order chi connectivity index (χ1) is 14.8. The molecule has 170 valence electrons. The van der Waals surface area contributed by atoms with Crippen molar-refractivity contribution in [3.05, 3.63) is 54.3 Å². The fourth-order valence-electron chi connectivity index (χ4n) is 3.45. The second kappa shape index (κ2) is 11.8. The second-order valence-corrected chi connectivity index (χ2v) is 7.36. The minimum atomic E-state index is -1.21. The summed E-state index contributed by atoms with van der Waals surface area (Å²) in [5.74, 6) is -1.21. The van der Waals surface area contributed by atoms with Crippen LogP contribution in [-0.4, -0.2) is 51.0 Å². The smallest absolute Gasteiger partial charge is 0.324 e. The van der Waals surface area contributed by atoms with Crippen molar-refractivity contribution in [2.24, 2.45) is 0 Å². The molecule has 12 nitrogen and oxygen atoms in total. The molecule has 1 aromatic carbocycles. The lowest BCUT2D eigenvalue weighted by molar-refractivity contribution is -0.404.